The van der Waals surface area contributed by atoms with E-state index in [0.29, 0.717) is 11.5 Å². The molecule has 0 amide bonds. The molecule has 3 nitrogen and oxygen atoms in total. The molecule has 0 spiro atoms. The Labute approximate surface area is 125 Å². The van der Waals surface area contributed by atoms with Gasteiger partial charge < -0.3 is 9.84 Å². The van der Waals surface area contributed by atoms with Gasteiger partial charge >= 0.3 is 5.97 Å². The Morgan fingerprint density at radius 2 is 1.81 bits per heavy atom. The van der Waals surface area contributed by atoms with Crippen LogP contribution in [-0.4, -0.2) is 11.1 Å². The summed E-state index contributed by atoms with van der Waals surface area (Å²) >= 11 is 0. The van der Waals surface area contributed by atoms with Crippen molar-refractivity contribution < 1.29 is 14.6 Å². The fourth-order valence-corrected chi connectivity index (χ4v) is 2.05. The number of carboxylic acids is 1. The number of carbonyl (C=O) groups is 1. The summed E-state index contributed by atoms with van der Waals surface area (Å²) < 4.78 is 5.78. The van der Waals surface area contributed by atoms with Crippen molar-refractivity contribution in [3.8, 4) is 11.5 Å². The number of hydrogen-bond donors (Lipinski definition) is 1. The van der Waals surface area contributed by atoms with Crippen LogP contribution in [0.1, 0.15) is 42.3 Å². The zero-order chi connectivity index (χ0) is 15.6. The maximum absolute atomic E-state index is 11.3. The van der Waals surface area contributed by atoms with Gasteiger partial charge in [0.1, 0.15) is 17.1 Å². The van der Waals surface area contributed by atoms with Gasteiger partial charge in [0.15, 0.2) is 0 Å². The van der Waals surface area contributed by atoms with Gasteiger partial charge in [-0.1, -0.05) is 44.5 Å². The van der Waals surface area contributed by atoms with Crippen molar-refractivity contribution in [2.45, 2.75) is 33.1 Å². The highest BCUT2D eigenvalue weighted by Crippen LogP contribution is 2.30. The van der Waals surface area contributed by atoms with E-state index < -0.39 is 5.97 Å². The van der Waals surface area contributed by atoms with E-state index >= 15 is 0 Å². The standard InChI is InChI=1S/C18H20O3/c1-12-8-9-16(15(10-12)17(19)20)21-14-7-5-6-13(11-14)18(2,3)4/h5-11H,1-4H3,(H,19,20). The minimum absolute atomic E-state index is 0.0161. The zero-order valence-electron chi connectivity index (χ0n) is 12.8. The molecule has 0 aromatic heterocycles. The maximum Gasteiger partial charge on any atom is 0.339 e. The third-order valence-corrected chi connectivity index (χ3v) is 3.29. The SMILES string of the molecule is Cc1ccc(Oc2cccc(C(C)(C)C)c2)c(C(=O)O)c1. The summed E-state index contributed by atoms with van der Waals surface area (Å²) in [6.07, 6.45) is 0. The number of ether oxygens (including phenoxy) is 1. The molecule has 2 aromatic rings. The largest absolute Gasteiger partial charge is 0.478 e. The van der Waals surface area contributed by atoms with Crippen molar-refractivity contribution in [2.24, 2.45) is 0 Å². The first-order valence-corrected chi connectivity index (χ1v) is 6.90. The van der Waals surface area contributed by atoms with Crippen LogP contribution < -0.4 is 4.74 Å². The summed E-state index contributed by atoms with van der Waals surface area (Å²) in [5, 5.41) is 9.27. The first kappa shape index (κ1) is 15.1. The second-order valence-corrected chi connectivity index (χ2v) is 6.18. The van der Waals surface area contributed by atoms with Crippen LogP contribution in [0, 0.1) is 6.92 Å². The molecule has 0 aliphatic heterocycles. The van der Waals surface area contributed by atoms with E-state index in [2.05, 4.69) is 20.8 Å². The number of hydrogen-bond acceptors (Lipinski definition) is 2. The van der Waals surface area contributed by atoms with Crippen LogP contribution in [0.3, 0.4) is 0 Å². The fraction of sp³-hybridized carbons (Fsp3) is 0.278. The predicted octanol–water partition coefficient (Wildman–Crippen LogP) is 4.78. The summed E-state index contributed by atoms with van der Waals surface area (Å²) in [5.41, 5.74) is 2.23. The molecule has 0 bridgehead atoms. The molecule has 0 aliphatic rings. The minimum atomic E-state index is -0.985. The van der Waals surface area contributed by atoms with Gasteiger partial charge in [-0.15, -0.1) is 0 Å². The normalized spacial score (nSPS) is 11.2. The molecule has 2 rings (SSSR count). The minimum Gasteiger partial charge on any atom is -0.478 e. The van der Waals surface area contributed by atoms with Crippen molar-refractivity contribution in [1.82, 2.24) is 0 Å². The molecule has 3 heteroatoms. The highest BCUT2D eigenvalue weighted by atomic mass is 16.5. The van der Waals surface area contributed by atoms with Crippen LogP contribution in [-0.2, 0) is 5.41 Å². The fourth-order valence-electron chi connectivity index (χ4n) is 2.05. The summed E-state index contributed by atoms with van der Waals surface area (Å²) in [6, 6.07) is 12.9. The Hall–Kier alpha value is -2.29. The van der Waals surface area contributed by atoms with Gasteiger partial charge in [-0.25, -0.2) is 4.79 Å². The maximum atomic E-state index is 11.3. The predicted molar refractivity (Wildman–Crippen MR) is 83.4 cm³/mol. The molecule has 0 unspecified atom stereocenters. The Balaban J connectivity index is 2.37. The molecule has 0 aliphatic carbocycles. The quantitative estimate of drug-likeness (QED) is 0.882. The highest BCUT2D eigenvalue weighted by molar-refractivity contribution is 5.91. The van der Waals surface area contributed by atoms with Crippen molar-refractivity contribution in [2.75, 3.05) is 0 Å². The average molecular weight is 284 g/mol. The summed E-state index contributed by atoms with van der Waals surface area (Å²) in [6.45, 7) is 8.23. The van der Waals surface area contributed by atoms with E-state index in [1.54, 1.807) is 12.1 Å². The van der Waals surface area contributed by atoms with E-state index in [1.165, 1.54) is 0 Å². The number of rotatable bonds is 3. The second kappa shape index (κ2) is 5.60. The summed E-state index contributed by atoms with van der Waals surface area (Å²) in [7, 11) is 0. The number of benzene rings is 2. The molecule has 0 fully saturated rings. The van der Waals surface area contributed by atoms with Crippen molar-refractivity contribution in [3.05, 3.63) is 59.2 Å². The molecule has 21 heavy (non-hydrogen) atoms. The lowest BCUT2D eigenvalue weighted by Gasteiger charge is -2.20. The lowest BCUT2D eigenvalue weighted by atomic mass is 9.87. The third-order valence-electron chi connectivity index (χ3n) is 3.29. The molecule has 0 radical (unpaired) electrons. The Bertz CT molecular complexity index is 666. The van der Waals surface area contributed by atoms with Crippen LogP contribution in [0.5, 0.6) is 11.5 Å². The number of aromatic carboxylic acids is 1. The van der Waals surface area contributed by atoms with Crippen LogP contribution in [0.4, 0.5) is 0 Å². The first-order valence-electron chi connectivity index (χ1n) is 6.90. The molecule has 0 saturated carbocycles. The average Bonchev–Trinajstić information content (AvgIpc) is 2.40. The zero-order valence-corrected chi connectivity index (χ0v) is 12.8. The molecule has 2 aromatic carbocycles. The lowest BCUT2D eigenvalue weighted by Crippen LogP contribution is -2.10. The monoisotopic (exact) mass is 284 g/mol. The van der Waals surface area contributed by atoms with E-state index in [4.69, 9.17) is 4.74 Å². The Kier molecular flexibility index (Phi) is 4.03. The Morgan fingerprint density at radius 3 is 2.43 bits per heavy atom. The van der Waals surface area contributed by atoms with Gasteiger partial charge in [0.25, 0.3) is 0 Å². The van der Waals surface area contributed by atoms with Crippen LogP contribution in [0.2, 0.25) is 0 Å². The summed E-state index contributed by atoms with van der Waals surface area (Å²) in [5.74, 6) is 0.0219. The first-order chi connectivity index (χ1) is 9.77. The van der Waals surface area contributed by atoms with Gasteiger partial charge in [-0.05, 0) is 42.2 Å². The topological polar surface area (TPSA) is 46.5 Å². The van der Waals surface area contributed by atoms with Crippen molar-refractivity contribution in [3.63, 3.8) is 0 Å². The molecule has 0 atom stereocenters. The van der Waals surface area contributed by atoms with Crippen molar-refractivity contribution >= 4 is 5.97 Å². The van der Waals surface area contributed by atoms with E-state index in [1.807, 2.05) is 37.3 Å². The highest BCUT2D eigenvalue weighted by Gasteiger charge is 2.16. The van der Waals surface area contributed by atoms with Crippen LogP contribution >= 0.6 is 0 Å². The molecule has 110 valence electrons. The number of aryl methyl sites for hydroxylation is 1. The van der Waals surface area contributed by atoms with E-state index in [0.717, 1.165) is 11.1 Å². The van der Waals surface area contributed by atoms with Crippen molar-refractivity contribution in [1.29, 1.82) is 0 Å². The van der Waals surface area contributed by atoms with Crippen LogP contribution in [0.25, 0.3) is 0 Å². The van der Waals surface area contributed by atoms with Gasteiger partial charge in [0.2, 0.25) is 0 Å². The molecule has 1 N–H and O–H groups in total. The molecular formula is C18H20O3. The Morgan fingerprint density at radius 1 is 1.10 bits per heavy atom. The van der Waals surface area contributed by atoms with Gasteiger partial charge in [0, 0.05) is 0 Å². The number of carboxylic acid groups (broad SMARTS) is 1. The van der Waals surface area contributed by atoms with E-state index in [-0.39, 0.29) is 11.0 Å². The van der Waals surface area contributed by atoms with Gasteiger partial charge in [-0.2, -0.15) is 0 Å². The molecule has 0 saturated heterocycles. The molecule has 0 heterocycles. The van der Waals surface area contributed by atoms with Crippen LogP contribution in [0.15, 0.2) is 42.5 Å². The molecular weight excluding hydrogens is 264 g/mol. The van der Waals surface area contributed by atoms with Gasteiger partial charge in [0.05, 0.1) is 0 Å². The van der Waals surface area contributed by atoms with Gasteiger partial charge in [-0.3, -0.25) is 0 Å². The second-order valence-electron chi connectivity index (χ2n) is 6.18. The lowest BCUT2D eigenvalue weighted by molar-refractivity contribution is 0.0694. The smallest absolute Gasteiger partial charge is 0.339 e. The third kappa shape index (κ3) is 3.63. The van der Waals surface area contributed by atoms with E-state index in [9.17, 15) is 9.90 Å². The summed E-state index contributed by atoms with van der Waals surface area (Å²) in [4.78, 5) is 11.3.